The average Bonchev–Trinajstić information content (AvgIpc) is 3.28. The van der Waals surface area contributed by atoms with Crippen molar-refractivity contribution < 1.29 is 103 Å². The van der Waals surface area contributed by atoms with Crippen LogP contribution in [0.1, 0.15) is 57.6 Å². The third-order valence-corrected chi connectivity index (χ3v) is 8.21. The molecule has 4 aromatic heterocycles. The van der Waals surface area contributed by atoms with E-state index >= 15 is 0 Å². The summed E-state index contributed by atoms with van der Waals surface area (Å²) < 4.78 is 51.9. The van der Waals surface area contributed by atoms with Crippen molar-refractivity contribution in [3.63, 3.8) is 0 Å². The zero-order chi connectivity index (χ0) is 47.3. The van der Waals surface area contributed by atoms with Crippen LogP contribution in [0.5, 0.6) is 0 Å². The summed E-state index contributed by atoms with van der Waals surface area (Å²) >= 11 is 0. The van der Waals surface area contributed by atoms with Crippen LogP contribution in [-0.2, 0) is 71.7 Å². The van der Waals surface area contributed by atoms with Crippen LogP contribution in [-0.4, -0.2) is 47.0 Å². The molecule has 4 heterocycles. The van der Waals surface area contributed by atoms with Crippen molar-refractivity contribution in [2.45, 2.75) is 48.1 Å². The van der Waals surface area contributed by atoms with Crippen molar-refractivity contribution in [1.82, 2.24) is 19.9 Å². The number of carboxylic acids is 1. The van der Waals surface area contributed by atoms with Gasteiger partial charge in [-0.15, -0.1) is 60.2 Å². The second kappa shape index (κ2) is 30.8. The summed E-state index contributed by atoms with van der Waals surface area (Å²) in [5, 5.41) is 26.8. The molecule has 359 valence electrons. The number of ketones is 1. The number of allylic oxidation sites excluding steroid dienone is 2. The van der Waals surface area contributed by atoms with Crippen LogP contribution in [0.4, 0.5) is 17.6 Å². The first kappa shape index (κ1) is 61.6. The van der Waals surface area contributed by atoms with Crippen LogP contribution in [0.15, 0.2) is 152 Å². The minimum atomic E-state index is -0.990. The fraction of sp³-hybridized carbons (Fsp3) is 0.176. The van der Waals surface area contributed by atoms with E-state index in [2.05, 4.69) is 38.1 Å². The number of carbonyl (C=O) groups excluding carboxylic acids is 1. The zero-order valence-electron chi connectivity index (χ0n) is 37.0. The fourth-order valence-electron chi connectivity index (χ4n) is 4.62. The monoisotopic (exact) mass is 1450 g/mol. The summed E-state index contributed by atoms with van der Waals surface area (Å²) in [6.07, 6.45) is 7.57. The molecule has 7 aromatic rings. The van der Waals surface area contributed by atoms with Gasteiger partial charge in [-0.3, -0.25) is 22.4 Å². The molecule has 0 atom stereocenters. The predicted molar refractivity (Wildman–Crippen MR) is 237 cm³/mol. The number of hydrogen-bond donors (Lipinski definition) is 3. The first-order valence-electron chi connectivity index (χ1n) is 19.5. The van der Waals surface area contributed by atoms with Gasteiger partial charge < -0.3 is 30.3 Å². The van der Waals surface area contributed by atoms with Crippen molar-refractivity contribution in [1.29, 1.82) is 0 Å². The molecule has 67 heavy (non-hydrogen) atoms. The Morgan fingerprint density at radius 2 is 1.07 bits per heavy atom. The van der Waals surface area contributed by atoms with E-state index < -0.39 is 34.7 Å². The second-order valence-electron chi connectivity index (χ2n) is 15.4. The maximum atomic E-state index is 13.4. The average molecular weight is 1450 g/mol. The normalized spacial score (nSPS) is 10.3. The number of carbonyl (C=O) groups is 2. The molecule has 0 saturated carbocycles. The molecule has 7 rings (SSSR count). The van der Waals surface area contributed by atoms with Gasteiger partial charge in [-0.05, 0) is 53.0 Å². The molecule has 0 spiro atoms. The number of benzene rings is 3. The number of hydrogen-bond acceptors (Lipinski definition) is 8. The van der Waals surface area contributed by atoms with Gasteiger partial charge in [-0.2, -0.15) is 0 Å². The minimum absolute atomic E-state index is 0. The molecule has 0 aliphatic heterocycles. The second-order valence-corrected chi connectivity index (χ2v) is 15.4. The summed E-state index contributed by atoms with van der Waals surface area (Å²) in [7, 11) is 0. The number of halogens is 4. The summed E-state index contributed by atoms with van der Waals surface area (Å²) in [5.41, 5.74) is 2.99. The molecular weight excluding hydrogens is 1400 g/mol. The Morgan fingerprint density at radius 1 is 0.582 bits per heavy atom. The maximum Gasteiger partial charge on any atom is 0.354 e. The van der Waals surface area contributed by atoms with Crippen molar-refractivity contribution in [3.05, 3.63) is 205 Å². The van der Waals surface area contributed by atoms with Crippen molar-refractivity contribution in [3.8, 4) is 33.8 Å². The topological polar surface area (TPSA) is 146 Å². The number of aliphatic hydroxyl groups excluding tert-OH is 2. The quantitative estimate of drug-likeness (QED) is 0.0641. The molecule has 0 amide bonds. The van der Waals surface area contributed by atoms with Gasteiger partial charge in [0.15, 0.2) is 5.78 Å². The van der Waals surface area contributed by atoms with E-state index in [-0.39, 0.29) is 101 Å². The molecule has 0 unspecified atom stereocenters. The molecule has 9 nitrogen and oxygen atoms in total. The molecule has 0 aliphatic rings. The largest absolute Gasteiger partial charge is 0.512 e. The third-order valence-electron chi connectivity index (χ3n) is 8.21. The van der Waals surface area contributed by atoms with E-state index in [1.165, 1.54) is 30.6 Å². The molecule has 3 N–H and O–H groups in total. The number of aromatic nitrogens is 4. The molecule has 3 radical (unpaired) electrons. The van der Waals surface area contributed by atoms with Crippen molar-refractivity contribution >= 4 is 11.8 Å². The Bertz CT molecular complexity index is 2530. The molecule has 0 saturated heterocycles. The Hall–Kier alpha value is -5.43. The minimum Gasteiger partial charge on any atom is -0.512 e. The number of aliphatic hydroxyl groups is 2. The Morgan fingerprint density at radius 3 is 1.48 bits per heavy atom. The van der Waals surface area contributed by atoms with E-state index in [0.29, 0.717) is 17.0 Å². The number of rotatable bonds is 6. The van der Waals surface area contributed by atoms with Gasteiger partial charge in [0.1, 0.15) is 11.5 Å². The van der Waals surface area contributed by atoms with Gasteiger partial charge in [0.25, 0.3) is 0 Å². The number of aromatic carboxylic acids is 1. The van der Waals surface area contributed by atoms with E-state index in [1.807, 2.05) is 84.0 Å². The molecular formula is C51H47F4Ir3N4O5-3. The van der Waals surface area contributed by atoms with Gasteiger partial charge in [-0.25, -0.2) is 9.78 Å². The van der Waals surface area contributed by atoms with E-state index in [4.69, 9.17) is 10.2 Å². The Labute approximate surface area is 429 Å². The van der Waals surface area contributed by atoms with Crippen LogP contribution >= 0.6 is 0 Å². The van der Waals surface area contributed by atoms with Gasteiger partial charge in [0.05, 0.1) is 6.61 Å². The van der Waals surface area contributed by atoms with E-state index in [0.717, 1.165) is 35.5 Å². The van der Waals surface area contributed by atoms with Crippen LogP contribution in [0.2, 0.25) is 0 Å². The van der Waals surface area contributed by atoms with Crippen molar-refractivity contribution in [2.24, 2.45) is 10.8 Å². The van der Waals surface area contributed by atoms with Crippen LogP contribution in [0, 0.1) is 52.3 Å². The van der Waals surface area contributed by atoms with Gasteiger partial charge in [0, 0.05) is 125 Å². The fourth-order valence-corrected chi connectivity index (χ4v) is 4.62. The smallest absolute Gasteiger partial charge is 0.354 e. The van der Waals surface area contributed by atoms with E-state index in [9.17, 15) is 32.3 Å². The predicted octanol–water partition coefficient (Wildman–Crippen LogP) is 11.6. The first-order valence-corrected chi connectivity index (χ1v) is 19.5. The Balaban J connectivity index is 0.000000812. The Kier molecular flexibility index (Phi) is 28.3. The standard InChI is InChI=1S/C12H8F2NO.C11H6F2N.C11H8N.C11H20O2.C6H5NO2.3Ir/c13-9-1-2-10(11(14)6-9)12-5-8(7-16)3-4-15-12;12-8-4-5-9(10(13)7-8)11-3-1-2-6-14-11;1-2-6-10(7-3-1)11-8-4-5-9-12-11;1-10(2,3)8(12)7-9(13)11(4,5)6;8-6(9)5-3-1-2-4-7-5;;;/h1,3-6,16H,7H2;1-4,6-7H;1-6,8-9H;7,12H,1-6H3;1-4H,(H,8,9);;;/q3*-1;;;;;. The zero-order valence-corrected chi connectivity index (χ0v) is 44.2. The van der Waals surface area contributed by atoms with Gasteiger partial charge >= 0.3 is 5.97 Å². The summed E-state index contributed by atoms with van der Waals surface area (Å²) in [4.78, 5) is 37.3. The summed E-state index contributed by atoms with van der Waals surface area (Å²) in [6.45, 7) is 11.0. The van der Waals surface area contributed by atoms with Gasteiger partial charge in [0.2, 0.25) is 0 Å². The molecule has 0 aliphatic carbocycles. The van der Waals surface area contributed by atoms with Crippen molar-refractivity contribution in [2.75, 3.05) is 0 Å². The molecule has 3 aromatic carbocycles. The van der Waals surface area contributed by atoms with Crippen LogP contribution < -0.4 is 0 Å². The summed E-state index contributed by atoms with van der Waals surface area (Å²) in [6, 6.07) is 38.6. The molecule has 16 heteroatoms. The summed E-state index contributed by atoms with van der Waals surface area (Å²) in [5.74, 6) is -3.57. The SMILES string of the molecule is CC(C)(C)C(=O)C=C(O)C(C)(C)C.Fc1c[c-]c(-c2ccccn2)c(F)c1.O=C(O)c1ccccn1.OCc1ccnc(-c2[c-]cc(F)cc2F)c1.[Ir].[Ir].[Ir].[c-]1ccccc1-c1ccccn1. The third kappa shape index (κ3) is 22.3. The number of carboxylic acid groups (broad SMARTS) is 1. The van der Waals surface area contributed by atoms with Crippen LogP contribution in [0.25, 0.3) is 33.8 Å². The maximum absolute atomic E-state index is 13.4. The van der Waals surface area contributed by atoms with E-state index in [1.54, 1.807) is 48.8 Å². The number of pyridine rings is 4. The molecule has 0 fully saturated rings. The molecule has 0 bridgehead atoms. The number of nitrogens with zero attached hydrogens (tertiary/aromatic N) is 4. The first-order chi connectivity index (χ1) is 30.3. The van der Waals surface area contributed by atoms with Gasteiger partial charge in [-0.1, -0.05) is 101 Å². The van der Waals surface area contributed by atoms with Crippen LogP contribution in [0.3, 0.4) is 0 Å².